The molecule has 0 saturated heterocycles. The molecule has 1 aromatic carbocycles. The van der Waals surface area contributed by atoms with Crippen molar-refractivity contribution in [2.24, 2.45) is 0 Å². The lowest BCUT2D eigenvalue weighted by Crippen LogP contribution is -2.30. The topological polar surface area (TPSA) is 42.5 Å². The van der Waals surface area contributed by atoms with Crippen LogP contribution in [0.3, 0.4) is 0 Å². The van der Waals surface area contributed by atoms with Gasteiger partial charge in [0.05, 0.1) is 6.54 Å². The van der Waals surface area contributed by atoms with E-state index in [1.165, 1.54) is 4.68 Å². The molecule has 0 fully saturated rings. The van der Waals surface area contributed by atoms with Gasteiger partial charge in [0.25, 0.3) is 0 Å². The smallest absolute Gasteiger partial charge is 0.298 e. The summed E-state index contributed by atoms with van der Waals surface area (Å²) in [6, 6.07) is 11.1. The number of benzene rings is 1. The van der Waals surface area contributed by atoms with Crippen LogP contribution in [0.4, 0.5) is 0 Å². The minimum Gasteiger partial charge on any atom is -0.298 e. The van der Waals surface area contributed by atoms with Gasteiger partial charge in [-0.25, -0.2) is 9.48 Å². The predicted molar refractivity (Wildman–Crippen MR) is 97.0 cm³/mol. The van der Waals surface area contributed by atoms with Gasteiger partial charge >= 0.3 is 5.69 Å². The summed E-state index contributed by atoms with van der Waals surface area (Å²) in [6.45, 7) is 3.25. The number of aromatic nitrogens is 3. The van der Waals surface area contributed by atoms with Gasteiger partial charge in [-0.2, -0.15) is 0 Å². The Hall–Kier alpha value is -1.82. The van der Waals surface area contributed by atoms with E-state index in [1.807, 2.05) is 37.4 Å². The Bertz CT molecular complexity index is 918. The molecule has 24 heavy (non-hydrogen) atoms. The molecule has 0 bridgehead atoms. The third-order valence-electron chi connectivity index (χ3n) is 4.23. The first-order chi connectivity index (χ1) is 11.5. The first kappa shape index (κ1) is 17.0. The van der Waals surface area contributed by atoms with Crippen LogP contribution in [-0.4, -0.2) is 32.7 Å². The molecule has 0 spiro atoms. The number of hydrogen-bond acceptors (Lipinski definition) is 3. The summed E-state index contributed by atoms with van der Waals surface area (Å²) in [5.41, 5.74) is 1.53. The van der Waals surface area contributed by atoms with Gasteiger partial charge in [0.1, 0.15) is 0 Å². The Balaban J connectivity index is 1.73. The van der Waals surface area contributed by atoms with Gasteiger partial charge in [0, 0.05) is 28.8 Å². The quantitative estimate of drug-likeness (QED) is 0.695. The van der Waals surface area contributed by atoms with E-state index < -0.39 is 0 Å². The number of pyridine rings is 1. The molecule has 2 aromatic heterocycles. The van der Waals surface area contributed by atoms with E-state index >= 15 is 0 Å². The lowest BCUT2D eigenvalue weighted by molar-refractivity contribution is 0.246. The molecule has 1 atom stereocenters. The molecule has 126 valence electrons. The van der Waals surface area contributed by atoms with Crippen molar-refractivity contribution >= 4 is 28.8 Å². The minimum absolute atomic E-state index is 0.0995. The van der Waals surface area contributed by atoms with Gasteiger partial charge in [-0.05, 0) is 43.8 Å². The van der Waals surface area contributed by atoms with Gasteiger partial charge in [0.15, 0.2) is 5.65 Å². The average Bonchev–Trinajstić information content (AvgIpc) is 2.88. The minimum atomic E-state index is -0.129. The third-order valence-corrected chi connectivity index (χ3v) is 4.79. The number of nitrogens with zero attached hydrogens (tertiary/aromatic N) is 4. The van der Waals surface area contributed by atoms with Crippen molar-refractivity contribution < 1.29 is 0 Å². The van der Waals surface area contributed by atoms with Crippen molar-refractivity contribution in [1.29, 1.82) is 0 Å². The second-order valence-corrected chi connectivity index (χ2v) is 6.60. The molecule has 0 N–H and O–H groups in total. The van der Waals surface area contributed by atoms with Crippen LogP contribution in [0.15, 0.2) is 47.4 Å². The van der Waals surface area contributed by atoms with Crippen LogP contribution >= 0.6 is 23.2 Å². The van der Waals surface area contributed by atoms with Crippen LogP contribution in [0.25, 0.3) is 5.65 Å². The van der Waals surface area contributed by atoms with E-state index in [0.29, 0.717) is 28.8 Å². The molecule has 0 aliphatic rings. The Morgan fingerprint density at radius 2 is 2.04 bits per heavy atom. The van der Waals surface area contributed by atoms with Crippen molar-refractivity contribution in [2.75, 3.05) is 13.6 Å². The van der Waals surface area contributed by atoms with Crippen molar-refractivity contribution in [2.45, 2.75) is 19.5 Å². The summed E-state index contributed by atoms with van der Waals surface area (Å²) in [5, 5.41) is 5.61. The van der Waals surface area contributed by atoms with Crippen molar-refractivity contribution in [1.82, 2.24) is 19.1 Å². The molecule has 3 rings (SSSR count). The molecule has 7 heteroatoms. The SMILES string of the molecule is CC(c1ccc(Cl)cc1Cl)N(C)CCn1nc2ccccn2c1=O. The van der Waals surface area contributed by atoms with E-state index in [-0.39, 0.29) is 11.7 Å². The lowest BCUT2D eigenvalue weighted by atomic mass is 10.1. The van der Waals surface area contributed by atoms with E-state index in [4.69, 9.17) is 23.2 Å². The summed E-state index contributed by atoms with van der Waals surface area (Å²) in [5.74, 6) is 0. The molecule has 0 radical (unpaired) electrons. The monoisotopic (exact) mass is 364 g/mol. The molecule has 0 amide bonds. The summed E-state index contributed by atoms with van der Waals surface area (Å²) >= 11 is 12.2. The van der Waals surface area contributed by atoms with Crippen LogP contribution in [0.2, 0.25) is 10.0 Å². The van der Waals surface area contributed by atoms with E-state index in [2.05, 4.69) is 16.9 Å². The average molecular weight is 365 g/mol. The highest BCUT2D eigenvalue weighted by Gasteiger charge is 2.16. The first-order valence-corrected chi connectivity index (χ1v) is 8.42. The fourth-order valence-corrected chi connectivity index (χ4v) is 3.20. The Kier molecular flexibility index (Phi) is 4.94. The Morgan fingerprint density at radius 3 is 2.75 bits per heavy atom. The highest BCUT2D eigenvalue weighted by molar-refractivity contribution is 6.35. The Labute approximate surface area is 150 Å². The van der Waals surface area contributed by atoms with Gasteiger partial charge in [-0.15, -0.1) is 5.10 Å². The fraction of sp³-hybridized carbons (Fsp3) is 0.294. The summed E-state index contributed by atoms with van der Waals surface area (Å²) in [7, 11) is 2.00. The molecular formula is C17H18Cl2N4O. The maximum Gasteiger partial charge on any atom is 0.350 e. The van der Waals surface area contributed by atoms with E-state index in [0.717, 1.165) is 5.56 Å². The molecule has 5 nitrogen and oxygen atoms in total. The van der Waals surface area contributed by atoms with Crippen LogP contribution in [0, 0.1) is 0 Å². The Morgan fingerprint density at radius 1 is 1.25 bits per heavy atom. The molecule has 0 aliphatic heterocycles. The van der Waals surface area contributed by atoms with Crippen LogP contribution in [0.5, 0.6) is 0 Å². The normalized spacial score (nSPS) is 12.9. The number of rotatable bonds is 5. The van der Waals surface area contributed by atoms with Gasteiger partial charge in [-0.3, -0.25) is 9.30 Å². The fourth-order valence-electron chi connectivity index (χ4n) is 2.64. The zero-order valence-electron chi connectivity index (χ0n) is 13.5. The second-order valence-electron chi connectivity index (χ2n) is 5.76. The molecular weight excluding hydrogens is 347 g/mol. The second kappa shape index (κ2) is 6.97. The number of halogens is 2. The van der Waals surface area contributed by atoms with E-state index in [9.17, 15) is 4.79 Å². The van der Waals surface area contributed by atoms with Crippen LogP contribution < -0.4 is 5.69 Å². The van der Waals surface area contributed by atoms with Gasteiger partial charge in [-0.1, -0.05) is 35.3 Å². The zero-order valence-corrected chi connectivity index (χ0v) is 15.0. The molecule has 0 saturated carbocycles. The highest BCUT2D eigenvalue weighted by Crippen LogP contribution is 2.28. The standard InChI is InChI=1S/C17H18Cl2N4O/c1-12(14-7-6-13(18)11-15(14)19)21(2)9-10-23-17(24)22-8-4-3-5-16(22)20-23/h3-8,11-12H,9-10H2,1-2H3. The predicted octanol–water partition coefficient (Wildman–Crippen LogP) is 3.50. The van der Waals surface area contributed by atoms with Crippen LogP contribution in [-0.2, 0) is 6.54 Å². The maximum atomic E-state index is 12.3. The molecule has 2 heterocycles. The third kappa shape index (κ3) is 3.34. The number of fused-ring (bicyclic) bond motifs is 1. The maximum absolute atomic E-state index is 12.3. The van der Waals surface area contributed by atoms with Gasteiger partial charge in [0.2, 0.25) is 0 Å². The molecule has 1 unspecified atom stereocenters. The lowest BCUT2D eigenvalue weighted by Gasteiger charge is -2.25. The van der Waals surface area contributed by atoms with Crippen LogP contribution in [0.1, 0.15) is 18.5 Å². The zero-order chi connectivity index (χ0) is 17.3. The largest absolute Gasteiger partial charge is 0.350 e. The summed E-state index contributed by atoms with van der Waals surface area (Å²) in [4.78, 5) is 14.4. The van der Waals surface area contributed by atoms with Crippen molar-refractivity contribution in [3.63, 3.8) is 0 Å². The highest BCUT2D eigenvalue weighted by atomic mass is 35.5. The van der Waals surface area contributed by atoms with Gasteiger partial charge < -0.3 is 0 Å². The number of hydrogen-bond donors (Lipinski definition) is 0. The van der Waals surface area contributed by atoms with Crippen molar-refractivity contribution in [3.8, 4) is 0 Å². The van der Waals surface area contributed by atoms with E-state index in [1.54, 1.807) is 16.7 Å². The molecule has 0 aliphatic carbocycles. The molecule has 3 aromatic rings. The van der Waals surface area contributed by atoms with Crippen molar-refractivity contribution in [3.05, 3.63) is 68.7 Å². The summed E-state index contributed by atoms with van der Waals surface area (Å²) in [6.07, 6.45) is 1.72. The summed E-state index contributed by atoms with van der Waals surface area (Å²) < 4.78 is 3.03. The number of likely N-dealkylation sites (N-methyl/N-ethyl adjacent to an activating group) is 1. The first-order valence-electron chi connectivity index (χ1n) is 7.67.